The van der Waals surface area contributed by atoms with Crippen LogP contribution in [0.2, 0.25) is 0 Å². The van der Waals surface area contributed by atoms with Crippen molar-refractivity contribution in [3.05, 3.63) is 30.3 Å². The second-order valence-electron chi connectivity index (χ2n) is 5.72. The highest BCUT2D eigenvalue weighted by Crippen LogP contribution is 2.25. The zero-order valence-corrected chi connectivity index (χ0v) is 12.4. The summed E-state index contributed by atoms with van der Waals surface area (Å²) in [6, 6.07) is 9.75. The molecule has 0 saturated carbocycles. The molecule has 0 heterocycles. The van der Waals surface area contributed by atoms with Gasteiger partial charge in [-0.1, -0.05) is 32.0 Å². The molecule has 20 heavy (non-hydrogen) atoms. The van der Waals surface area contributed by atoms with Crippen LogP contribution in [0.15, 0.2) is 30.3 Å². The fourth-order valence-electron chi connectivity index (χ4n) is 1.88. The lowest BCUT2D eigenvalue weighted by Gasteiger charge is -2.23. The Hall–Kier alpha value is -1.55. The van der Waals surface area contributed by atoms with E-state index in [9.17, 15) is 4.79 Å². The van der Waals surface area contributed by atoms with Crippen molar-refractivity contribution in [1.82, 2.24) is 5.32 Å². The molecule has 0 unspecified atom stereocenters. The summed E-state index contributed by atoms with van der Waals surface area (Å²) < 4.78 is 5.58. The maximum Gasteiger partial charge on any atom is 0.303 e. The molecule has 0 spiro atoms. The Labute approximate surface area is 121 Å². The molecule has 0 fully saturated rings. The Kier molecular flexibility index (Phi) is 7.09. The molecule has 112 valence electrons. The zero-order valence-electron chi connectivity index (χ0n) is 12.4. The van der Waals surface area contributed by atoms with Gasteiger partial charge in [-0.15, -0.1) is 0 Å². The van der Waals surface area contributed by atoms with Crippen LogP contribution >= 0.6 is 0 Å². The van der Waals surface area contributed by atoms with Crippen molar-refractivity contribution in [1.29, 1.82) is 0 Å². The van der Waals surface area contributed by atoms with E-state index in [4.69, 9.17) is 9.84 Å². The number of carboxylic acid groups (broad SMARTS) is 1. The number of aliphatic carboxylic acids is 1. The van der Waals surface area contributed by atoms with Crippen molar-refractivity contribution in [2.75, 3.05) is 19.7 Å². The zero-order chi connectivity index (χ0) is 14.8. The molecule has 0 aliphatic rings. The van der Waals surface area contributed by atoms with E-state index in [1.54, 1.807) is 0 Å². The standard InChI is InChI=1S/C16H25NO3/c1-16(2,9-8-15(18)19)10-11-17-12-13-20-14-6-4-3-5-7-14/h3-7,17H,8-13H2,1-2H3,(H,18,19). The second kappa shape index (κ2) is 8.59. The molecule has 0 aliphatic heterocycles. The molecule has 0 aliphatic carbocycles. The van der Waals surface area contributed by atoms with Gasteiger partial charge in [-0.05, 0) is 36.9 Å². The maximum atomic E-state index is 10.6. The molecule has 0 amide bonds. The first-order valence-corrected chi connectivity index (χ1v) is 7.10. The minimum atomic E-state index is -0.720. The number of hydrogen-bond acceptors (Lipinski definition) is 3. The third kappa shape index (κ3) is 7.79. The number of rotatable bonds is 10. The average Bonchev–Trinajstić information content (AvgIpc) is 2.42. The van der Waals surface area contributed by atoms with E-state index in [0.29, 0.717) is 13.0 Å². The third-order valence-electron chi connectivity index (χ3n) is 3.28. The lowest BCUT2D eigenvalue weighted by Crippen LogP contribution is -2.26. The topological polar surface area (TPSA) is 58.6 Å². The number of hydrogen-bond donors (Lipinski definition) is 2. The van der Waals surface area contributed by atoms with Gasteiger partial charge >= 0.3 is 5.97 Å². The first kappa shape index (κ1) is 16.5. The molecular formula is C16H25NO3. The van der Waals surface area contributed by atoms with E-state index in [-0.39, 0.29) is 11.8 Å². The van der Waals surface area contributed by atoms with Crippen LogP contribution in [0.3, 0.4) is 0 Å². The maximum absolute atomic E-state index is 10.6. The van der Waals surface area contributed by atoms with Crippen LogP contribution in [0, 0.1) is 5.41 Å². The van der Waals surface area contributed by atoms with Gasteiger partial charge in [0.15, 0.2) is 0 Å². The smallest absolute Gasteiger partial charge is 0.303 e. The van der Waals surface area contributed by atoms with Gasteiger partial charge in [0.2, 0.25) is 0 Å². The van der Waals surface area contributed by atoms with E-state index >= 15 is 0 Å². The van der Waals surface area contributed by atoms with Crippen LogP contribution in [0.4, 0.5) is 0 Å². The monoisotopic (exact) mass is 279 g/mol. The molecule has 0 saturated heterocycles. The first-order valence-electron chi connectivity index (χ1n) is 7.10. The summed E-state index contributed by atoms with van der Waals surface area (Å²) in [5.41, 5.74) is 0.0612. The number of carboxylic acids is 1. The van der Waals surface area contributed by atoms with Gasteiger partial charge in [-0.3, -0.25) is 4.79 Å². The summed E-state index contributed by atoms with van der Waals surface area (Å²) in [5, 5.41) is 12.0. The van der Waals surface area contributed by atoms with Crippen LogP contribution in [0.1, 0.15) is 33.1 Å². The molecule has 0 aromatic heterocycles. The highest BCUT2D eigenvalue weighted by molar-refractivity contribution is 5.66. The average molecular weight is 279 g/mol. The fraction of sp³-hybridized carbons (Fsp3) is 0.562. The number of ether oxygens (including phenoxy) is 1. The van der Waals surface area contributed by atoms with Crippen LogP contribution in [0.25, 0.3) is 0 Å². The molecule has 1 aromatic rings. The summed E-state index contributed by atoms with van der Waals surface area (Å²) in [5.74, 6) is 0.165. The Morgan fingerprint density at radius 2 is 1.90 bits per heavy atom. The highest BCUT2D eigenvalue weighted by atomic mass is 16.5. The highest BCUT2D eigenvalue weighted by Gasteiger charge is 2.18. The summed E-state index contributed by atoms with van der Waals surface area (Å²) in [6.45, 7) is 6.53. The third-order valence-corrected chi connectivity index (χ3v) is 3.28. The van der Waals surface area contributed by atoms with E-state index in [0.717, 1.165) is 25.3 Å². The predicted molar refractivity (Wildman–Crippen MR) is 80.1 cm³/mol. The molecule has 0 radical (unpaired) electrons. The molecular weight excluding hydrogens is 254 g/mol. The van der Waals surface area contributed by atoms with Crippen molar-refractivity contribution >= 4 is 5.97 Å². The van der Waals surface area contributed by atoms with Crippen LogP contribution in [-0.2, 0) is 4.79 Å². The lowest BCUT2D eigenvalue weighted by atomic mass is 9.84. The molecule has 1 aromatic carbocycles. The fourth-order valence-corrected chi connectivity index (χ4v) is 1.88. The summed E-state index contributed by atoms with van der Waals surface area (Å²) in [4.78, 5) is 10.6. The molecule has 0 atom stereocenters. The van der Waals surface area contributed by atoms with E-state index in [2.05, 4.69) is 19.2 Å². The quantitative estimate of drug-likeness (QED) is 0.647. The number of benzene rings is 1. The predicted octanol–water partition coefficient (Wildman–Crippen LogP) is 2.94. The Morgan fingerprint density at radius 1 is 1.20 bits per heavy atom. The molecule has 1 rings (SSSR count). The van der Waals surface area contributed by atoms with Gasteiger partial charge in [0.25, 0.3) is 0 Å². The SMILES string of the molecule is CC(C)(CCNCCOc1ccccc1)CCC(=O)O. The minimum Gasteiger partial charge on any atom is -0.492 e. The minimum absolute atomic E-state index is 0.0612. The summed E-state index contributed by atoms with van der Waals surface area (Å²) >= 11 is 0. The Morgan fingerprint density at radius 3 is 2.55 bits per heavy atom. The lowest BCUT2D eigenvalue weighted by molar-refractivity contribution is -0.137. The Balaban J connectivity index is 2.05. The van der Waals surface area contributed by atoms with E-state index in [1.165, 1.54) is 0 Å². The van der Waals surface area contributed by atoms with Crippen molar-refractivity contribution in [2.45, 2.75) is 33.1 Å². The van der Waals surface area contributed by atoms with Gasteiger partial charge in [0, 0.05) is 13.0 Å². The van der Waals surface area contributed by atoms with Crippen molar-refractivity contribution < 1.29 is 14.6 Å². The largest absolute Gasteiger partial charge is 0.492 e. The van der Waals surface area contributed by atoms with E-state index in [1.807, 2.05) is 30.3 Å². The van der Waals surface area contributed by atoms with Gasteiger partial charge < -0.3 is 15.2 Å². The van der Waals surface area contributed by atoms with Crippen LogP contribution < -0.4 is 10.1 Å². The number of carbonyl (C=O) groups is 1. The first-order chi connectivity index (χ1) is 9.49. The molecule has 4 nitrogen and oxygen atoms in total. The molecule has 2 N–H and O–H groups in total. The second-order valence-corrected chi connectivity index (χ2v) is 5.72. The normalized spacial score (nSPS) is 11.3. The summed E-state index contributed by atoms with van der Waals surface area (Å²) in [6.07, 6.45) is 1.92. The number of nitrogens with one attached hydrogen (secondary N) is 1. The van der Waals surface area contributed by atoms with Crippen molar-refractivity contribution in [2.24, 2.45) is 5.41 Å². The summed E-state index contributed by atoms with van der Waals surface area (Å²) in [7, 11) is 0. The molecule has 0 bridgehead atoms. The Bertz CT molecular complexity index is 390. The van der Waals surface area contributed by atoms with Crippen LogP contribution in [0.5, 0.6) is 5.75 Å². The number of para-hydroxylation sites is 1. The van der Waals surface area contributed by atoms with Crippen molar-refractivity contribution in [3.63, 3.8) is 0 Å². The van der Waals surface area contributed by atoms with Gasteiger partial charge in [0.1, 0.15) is 12.4 Å². The van der Waals surface area contributed by atoms with Crippen molar-refractivity contribution in [3.8, 4) is 5.75 Å². The van der Waals surface area contributed by atoms with Gasteiger partial charge in [0.05, 0.1) is 0 Å². The van der Waals surface area contributed by atoms with E-state index < -0.39 is 5.97 Å². The molecule has 4 heteroatoms. The van der Waals surface area contributed by atoms with Crippen LogP contribution in [-0.4, -0.2) is 30.8 Å². The van der Waals surface area contributed by atoms with Gasteiger partial charge in [-0.2, -0.15) is 0 Å². The van der Waals surface area contributed by atoms with Gasteiger partial charge in [-0.25, -0.2) is 0 Å².